The average Bonchev–Trinajstić information content (AvgIpc) is 2.52. The first-order chi connectivity index (χ1) is 10.9. The lowest BCUT2D eigenvalue weighted by Gasteiger charge is -2.10. The van der Waals surface area contributed by atoms with Gasteiger partial charge in [-0.2, -0.15) is 13.2 Å². The quantitative estimate of drug-likeness (QED) is 0.723. The van der Waals surface area contributed by atoms with E-state index in [-0.39, 0.29) is 5.88 Å². The summed E-state index contributed by atoms with van der Waals surface area (Å²) < 4.78 is 40.7. The second kappa shape index (κ2) is 9.50. The molecule has 0 spiro atoms. The number of nitrogens with one attached hydrogen (secondary N) is 1. The number of pyridine rings is 1. The maximum Gasteiger partial charge on any atom is 0.422 e. The van der Waals surface area contributed by atoms with Gasteiger partial charge in [0.05, 0.1) is 0 Å². The van der Waals surface area contributed by atoms with E-state index in [4.69, 9.17) is 0 Å². The van der Waals surface area contributed by atoms with Crippen molar-refractivity contribution in [2.45, 2.75) is 19.6 Å². The molecule has 1 heterocycles. The summed E-state index contributed by atoms with van der Waals surface area (Å²) in [7, 11) is 0. The number of ether oxygens (including phenoxy) is 1. The SMILES string of the molecule is C=C\C=C/C(=C\C=C/C)NCc1ccc(OCC(F)(F)F)nc1. The molecule has 0 atom stereocenters. The number of nitrogens with zero attached hydrogens (tertiary/aromatic N) is 1. The van der Waals surface area contributed by atoms with Gasteiger partial charge in [-0.25, -0.2) is 4.98 Å². The predicted molar refractivity (Wildman–Crippen MR) is 84.9 cm³/mol. The highest BCUT2D eigenvalue weighted by Crippen LogP contribution is 2.17. The van der Waals surface area contributed by atoms with Crippen LogP contribution in [0.25, 0.3) is 0 Å². The molecule has 1 aromatic rings. The van der Waals surface area contributed by atoms with E-state index in [0.29, 0.717) is 6.54 Å². The summed E-state index contributed by atoms with van der Waals surface area (Å²) in [6.45, 7) is 4.66. The van der Waals surface area contributed by atoms with Crippen LogP contribution >= 0.6 is 0 Å². The molecular weight excluding hydrogens is 305 g/mol. The van der Waals surface area contributed by atoms with Gasteiger partial charge in [-0.3, -0.25) is 0 Å². The summed E-state index contributed by atoms with van der Waals surface area (Å²) in [6.07, 6.45) is 8.12. The first kappa shape index (κ1) is 18.5. The van der Waals surface area contributed by atoms with E-state index in [1.807, 2.05) is 31.2 Å². The van der Waals surface area contributed by atoms with Gasteiger partial charge in [0.1, 0.15) is 0 Å². The molecule has 0 aliphatic heterocycles. The summed E-state index contributed by atoms with van der Waals surface area (Å²) in [6, 6.07) is 3.08. The first-order valence-electron chi connectivity index (χ1n) is 6.95. The van der Waals surface area contributed by atoms with Gasteiger partial charge in [-0.1, -0.05) is 36.9 Å². The van der Waals surface area contributed by atoms with Crippen molar-refractivity contribution >= 4 is 0 Å². The van der Waals surface area contributed by atoms with Crippen LogP contribution in [-0.2, 0) is 6.54 Å². The monoisotopic (exact) mass is 324 g/mol. The third kappa shape index (κ3) is 8.50. The van der Waals surface area contributed by atoms with Crippen molar-refractivity contribution in [1.29, 1.82) is 0 Å². The Morgan fingerprint density at radius 1 is 1.35 bits per heavy atom. The zero-order valence-corrected chi connectivity index (χ0v) is 12.8. The van der Waals surface area contributed by atoms with Gasteiger partial charge in [0.2, 0.25) is 5.88 Å². The predicted octanol–water partition coefficient (Wildman–Crippen LogP) is 4.31. The fourth-order valence-electron chi connectivity index (χ4n) is 1.51. The molecule has 0 aromatic carbocycles. The maximum atomic E-state index is 12.0. The lowest BCUT2D eigenvalue weighted by Crippen LogP contribution is -2.19. The molecule has 0 aliphatic rings. The summed E-state index contributed by atoms with van der Waals surface area (Å²) in [4.78, 5) is 3.85. The van der Waals surface area contributed by atoms with Crippen LogP contribution in [0.3, 0.4) is 0 Å². The summed E-state index contributed by atoms with van der Waals surface area (Å²) in [5.74, 6) is -0.0534. The molecular formula is C17H19F3N2O. The first-order valence-corrected chi connectivity index (χ1v) is 6.95. The Balaban J connectivity index is 2.59. The van der Waals surface area contributed by atoms with E-state index in [1.54, 1.807) is 18.2 Å². The minimum Gasteiger partial charge on any atom is -0.468 e. The van der Waals surface area contributed by atoms with Gasteiger partial charge in [0.15, 0.2) is 6.61 Å². The smallest absolute Gasteiger partial charge is 0.422 e. The van der Waals surface area contributed by atoms with E-state index in [1.165, 1.54) is 12.3 Å². The van der Waals surface area contributed by atoms with E-state index < -0.39 is 12.8 Å². The zero-order chi connectivity index (χ0) is 17.1. The molecule has 0 bridgehead atoms. The lowest BCUT2D eigenvalue weighted by atomic mass is 10.2. The molecule has 6 heteroatoms. The zero-order valence-electron chi connectivity index (χ0n) is 12.8. The third-order valence-electron chi connectivity index (χ3n) is 2.56. The van der Waals surface area contributed by atoms with E-state index >= 15 is 0 Å². The highest BCUT2D eigenvalue weighted by Gasteiger charge is 2.28. The van der Waals surface area contributed by atoms with Gasteiger partial charge in [-0.15, -0.1) is 0 Å². The largest absolute Gasteiger partial charge is 0.468 e. The van der Waals surface area contributed by atoms with Crippen molar-refractivity contribution in [2.75, 3.05) is 6.61 Å². The molecule has 0 fully saturated rings. The second-order valence-corrected chi connectivity index (χ2v) is 4.50. The Morgan fingerprint density at radius 3 is 2.70 bits per heavy atom. The van der Waals surface area contributed by atoms with Crippen molar-refractivity contribution in [3.8, 4) is 5.88 Å². The van der Waals surface area contributed by atoms with Gasteiger partial charge < -0.3 is 10.1 Å². The minimum absolute atomic E-state index is 0.0534. The molecule has 1 aromatic heterocycles. The fourth-order valence-corrected chi connectivity index (χ4v) is 1.51. The number of halogens is 3. The molecule has 0 saturated carbocycles. The van der Waals surface area contributed by atoms with Crippen LogP contribution in [-0.4, -0.2) is 17.8 Å². The number of hydrogen-bond acceptors (Lipinski definition) is 3. The van der Waals surface area contributed by atoms with E-state index in [2.05, 4.69) is 21.6 Å². The molecule has 23 heavy (non-hydrogen) atoms. The fraction of sp³-hybridized carbons (Fsp3) is 0.235. The topological polar surface area (TPSA) is 34.1 Å². The normalized spacial score (nSPS) is 12.8. The van der Waals surface area contributed by atoms with Crippen molar-refractivity contribution in [1.82, 2.24) is 10.3 Å². The highest BCUT2D eigenvalue weighted by atomic mass is 19.4. The van der Waals surface area contributed by atoms with E-state index in [9.17, 15) is 13.2 Å². The van der Waals surface area contributed by atoms with Crippen LogP contribution in [0.15, 0.2) is 67.1 Å². The van der Waals surface area contributed by atoms with Gasteiger partial charge in [0.25, 0.3) is 0 Å². The van der Waals surface area contributed by atoms with Crippen LogP contribution in [0.5, 0.6) is 5.88 Å². The minimum atomic E-state index is -4.37. The van der Waals surface area contributed by atoms with Crippen molar-refractivity contribution in [3.63, 3.8) is 0 Å². The van der Waals surface area contributed by atoms with Crippen molar-refractivity contribution < 1.29 is 17.9 Å². The molecule has 0 unspecified atom stereocenters. The van der Waals surface area contributed by atoms with Crippen LogP contribution < -0.4 is 10.1 Å². The van der Waals surface area contributed by atoms with E-state index in [0.717, 1.165) is 11.3 Å². The Bertz CT molecular complexity index is 572. The van der Waals surface area contributed by atoms with Gasteiger partial charge in [0, 0.05) is 24.5 Å². The Morgan fingerprint density at radius 2 is 2.13 bits per heavy atom. The highest BCUT2D eigenvalue weighted by molar-refractivity contribution is 5.25. The Hall–Kier alpha value is -2.50. The summed E-state index contributed by atoms with van der Waals surface area (Å²) in [5.41, 5.74) is 1.70. The summed E-state index contributed by atoms with van der Waals surface area (Å²) >= 11 is 0. The number of rotatable bonds is 8. The molecule has 0 saturated heterocycles. The molecule has 124 valence electrons. The number of aromatic nitrogens is 1. The molecule has 1 N–H and O–H groups in total. The Labute approximate surface area is 133 Å². The van der Waals surface area contributed by atoms with Gasteiger partial charge >= 0.3 is 6.18 Å². The number of hydrogen-bond donors (Lipinski definition) is 1. The molecule has 0 radical (unpaired) electrons. The standard InChI is InChI=1S/C17H19F3N2O/c1-3-5-7-15(8-6-4-2)21-11-14-9-10-16(22-12-14)23-13-17(18,19)20/h3-10,12,21H,1,11,13H2,2H3/b6-4-,7-5-,15-8+. The average molecular weight is 324 g/mol. The second-order valence-electron chi connectivity index (χ2n) is 4.50. The molecule has 0 amide bonds. The van der Waals surface area contributed by atoms with Crippen molar-refractivity contribution in [2.24, 2.45) is 0 Å². The van der Waals surface area contributed by atoms with Crippen LogP contribution in [0.1, 0.15) is 12.5 Å². The van der Waals surface area contributed by atoms with Gasteiger partial charge in [-0.05, 0) is 24.6 Å². The third-order valence-corrected chi connectivity index (χ3v) is 2.56. The summed E-state index contributed by atoms with van der Waals surface area (Å²) in [5, 5.41) is 3.20. The maximum absolute atomic E-state index is 12.0. The molecule has 0 aliphatic carbocycles. The van der Waals surface area contributed by atoms with Crippen molar-refractivity contribution in [3.05, 3.63) is 72.6 Å². The lowest BCUT2D eigenvalue weighted by molar-refractivity contribution is -0.154. The molecule has 1 rings (SSSR count). The number of alkyl halides is 3. The van der Waals surface area contributed by atoms with Crippen LogP contribution in [0.4, 0.5) is 13.2 Å². The van der Waals surface area contributed by atoms with Crippen LogP contribution in [0, 0.1) is 0 Å². The Kier molecular flexibility index (Phi) is 7.66. The molecule has 3 nitrogen and oxygen atoms in total. The van der Waals surface area contributed by atoms with Crippen LogP contribution in [0.2, 0.25) is 0 Å². The number of allylic oxidation sites excluding steroid dienone is 6.